The lowest BCUT2D eigenvalue weighted by molar-refractivity contribution is -0.120. The molecule has 1 saturated carbocycles. The Morgan fingerprint density at radius 3 is 2.59 bits per heavy atom. The van der Waals surface area contributed by atoms with Gasteiger partial charge in [-0.15, -0.1) is 12.4 Å². The number of carbonyl (C=O) groups is 2. The second-order valence-corrected chi connectivity index (χ2v) is 8.62. The number of aromatic nitrogens is 2. The minimum atomic E-state index is -0.591. The zero-order valence-corrected chi connectivity index (χ0v) is 19.0. The predicted octanol–water partition coefficient (Wildman–Crippen LogP) is 0.867. The van der Waals surface area contributed by atoms with Crippen LogP contribution < -0.4 is 27.6 Å². The van der Waals surface area contributed by atoms with Crippen LogP contribution in [0.15, 0.2) is 27.8 Å². The number of urea groups is 1. The van der Waals surface area contributed by atoms with Crippen LogP contribution in [0.3, 0.4) is 0 Å². The van der Waals surface area contributed by atoms with E-state index in [-0.39, 0.29) is 42.3 Å². The summed E-state index contributed by atoms with van der Waals surface area (Å²) < 4.78 is 2.94. The molecule has 1 aliphatic carbocycles. The summed E-state index contributed by atoms with van der Waals surface area (Å²) >= 11 is 0. The molecule has 10 nitrogen and oxygen atoms in total. The van der Waals surface area contributed by atoms with E-state index in [2.05, 4.69) is 10.6 Å². The van der Waals surface area contributed by atoms with Gasteiger partial charge in [-0.05, 0) is 50.8 Å². The van der Waals surface area contributed by atoms with E-state index in [4.69, 9.17) is 5.73 Å². The van der Waals surface area contributed by atoms with Crippen molar-refractivity contribution in [2.24, 2.45) is 11.7 Å². The van der Waals surface area contributed by atoms with E-state index in [0.29, 0.717) is 42.1 Å². The first-order valence-corrected chi connectivity index (χ1v) is 10.6. The Hall–Kier alpha value is -2.85. The number of nitrogens with two attached hydrogens (primary N) is 1. The first kappa shape index (κ1) is 23.8. The molecule has 3 amide bonds. The SMILES string of the molecule is CC(C)n1c(=O)n(CC2CC2)c(=O)c2cc(NC(=O)N3CCNC(C(N)=O)C3)ccc21.Cl. The molecule has 0 bridgehead atoms. The Kier molecular flexibility index (Phi) is 6.94. The number of hydrogen-bond donors (Lipinski definition) is 3. The summed E-state index contributed by atoms with van der Waals surface area (Å²) in [6, 6.07) is 3.91. The quantitative estimate of drug-likeness (QED) is 0.604. The molecule has 11 heteroatoms. The minimum absolute atomic E-state index is 0. The third-order valence-corrected chi connectivity index (χ3v) is 5.88. The molecule has 0 spiro atoms. The van der Waals surface area contributed by atoms with Gasteiger partial charge in [-0.1, -0.05) is 0 Å². The Morgan fingerprint density at radius 2 is 1.97 bits per heavy atom. The number of primary amides is 1. The molecule has 2 aliphatic rings. The molecule has 32 heavy (non-hydrogen) atoms. The molecule has 1 atom stereocenters. The number of benzene rings is 1. The fourth-order valence-electron chi connectivity index (χ4n) is 4.01. The largest absolute Gasteiger partial charge is 0.368 e. The molecular formula is C21H29ClN6O4. The smallest absolute Gasteiger partial charge is 0.331 e. The number of carbonyl (C=O) groups excluding carboxylic acids is 2. The molecule has 4 rings (SSSR count). The third-order valence-electron chi connectivity index (χ3n) is 5.88. The highest BCUT2D eigenvalue weighted by Crippen LogP contribution is 2.30. The van der Waals surface area contributed by atoms with Crippen LogP contribution in [0.25, 0.3) is 10.9 Å². The second kappa shape index (κ2) is 9.33. The number of halogens is 1. The summed E-state index contributed by atoms with van der Waals surface area (Å²) in [4.78, 5) is 51.7. The lowest BCUT2D eigenvalue weighted by Crippen LogP contribution is -2.58. The fourth-order valence-corrected chi connectivity index (χ4v) is 4.01. The number of piperazine rings is 1. The zero-order valence-electron chi connectivity index (χ0n) is 18.2. The maximum atomic E-state index is 13.1. The summed E-state index contributed by atoms with van der Waals surface area (Å²) in [6.07, 6.45) is 2.05. The molecular weight excluding hydrogens is 436 g/mol. The van der Waals surface area contributed by atoms with Gasteiger partial charge in [0.2, 0.25) is 5.91 Å². The monoisotopic (exact) mass is 464 g/mol. The van der Waals surface area contributed by atoms with Crippen molar-refractivity contribution >= 4 is 40.9 Å². The summed E-state index contributed by atoms with van der Waals surface area (Å²) in [7, 11) is 0. The molecule has 1 saturated heterocycles. The van der Waals surface area contributed by atoms with Gasteiger partial charge in [0, 0.05) is 37.9 Å². The summed E-state index contributed by atoms with van der Waals surface area (Å²) in [6.45, 7) is 5.31. The number of fused-ring (bicyclic) bond motifs is 1. The van der Waals surface area contributed by atoms with Gasteiger partial charge in [0.25, 0.3) is 5.56 Å². The van der Waals surface area contributed by atoms with Crippen molar-refractivity contribution in [2.75, 3.05) is 25.0 Å². The molecule has 1 aromatic carbocycles. The predicted molar refractivity (Wildman–Crippen MR) is 124 cm³/mol. The number of rotatable bonds is 5. The molecule has 1 aromatic heterocycles. The minimum Gasteiger partial charge on any atom is -0.368 e. The van der Waals surface area contributed by atoms with Gasteiger partial charge in [-0.2, -0.15) is 0 Å². The average Bonchev–Trinajstić information content (AvgIpc) is 3.55. The van der Waals surface area contributed by atoms with Crippen LogP contribution in [0, 0.1) is 5.92 Å². The van der Waals surface area contributed by atoms with Crippen LogP contribution >= 0.6 is 12.4 Å². The molecule has 174 valence electrons. The Bertz CT molecular complexity index is 1150. The zero-order chi connectivity index (χ0) is 22.3. The maximum Gasteiger partial charge on any atom is 0.331 e. The molecule has 0 radical (unpaired) electrons. The highest BCUT2D eigenvalue weighted by Gasteiger charge is 2.27. The van der Waals surface area contributed by atoms with Gasteiger partial charge in [-0.3, -0.25) is 18.7 Å². The summed E-state index contributed by atoms with van der Waals surface area (Å²) in [5.74, 6) is -0.136. The topological polar surface area (TPSA) is 131 Å². The standard InChI is InChI=1S/C21H28N6O4.ClH/c1-12(2)27-17-6-5-14(24-20(30)25-8-7-23-16(11-25)18(22)28)9-15(17)19(29)26(21(27)31)10-13-3-4-13;/h5-6,9,12-13,16,23H,3-4,7-8,10-11H2,1-2H3,(H2,22,28)(H,24,30);1H. The van der Waals surface area contributed by atoms with Crippen molar-refractivity contribution in [3.05, 3.63) is 39.0 Å². The van der Waals surface area contributed by atoms with Crippen molar-refractivity contribution in [3.63, 3.8) is 0 Å². The van der Waals surface area contributed by atoms with Gasteiger partial charge in [-0.25, -0.2) is 9.59 Å². The molecule has 2 heterocycles. The summed E-state index contributed by atoms with van der Waals surface area (Å²) in [5, 5.41) is 6.16. The van der Waals surface area contributed by atoms with Gasteiger partial charge >= 0.3 is 11.7 Å². The number of hydrogen-bond acceptors (Lipinski definition) is 5. The lowest BCUT2D eigenvalue weighted by atomic mass is 10.2. The van der Waals surface area contributed by atoms with E-state index < -0.39 is 11.9 Å². The van der Waals surface area contributed by atoms with E-state index in [0.717, 1.165) is 12.8 Å². The van der Waals surface area contributed by atoms with E-state index in [1.165, 1.54) is 9.47 Å². The molecule has 1 aliphatic heterocycles. The van der Waals surface area contributed by atoms with Crippen LogP contribution in [0.1, 0.15) is 32.7 Å². The molecule has 4 N–H and O–H groups in total. The van der Waals surface area contributed by atoms with Crippen molar-refractivity contribution in [1.29, 1.82) is 0 Å². The number of anilines is 1. The van der Waals surface area contributed by atoms with Crippen LogP contribution in [0.5, 0.6) is 0 Å². The molecule has 2 fully saturated rings. The van der Waals surface area contributed by atoms with Crippen molar-refractivity contribution in [2.45, 2.75) is 45.3 Å². The van der Waals surface area contributed by atoms with Gasteiger partial charge in [0.05, 0.1) is 10.9 Å². The highest BCUT2D eigenvalue weighted by molar-refractivity contribution is 5.93. The highest BCUT2D eigenvalue weighted by atomic mass is 35.5. The number of nitrogens with one attached hydrogen (secondary N) is 2. The van der Waals surface area contributed by atoms with E-state index in [1.807, 2.05) is 13.8 Å². The maximum absolute atomic E-state index is 13.1. The summed E-state index contributed by atoms with van der Waals surface area (Å²) in [5.41, 5.74) is 5.71. The number of amides is 3. The fraction of sp³-hybridized carbons (Fsp3) is 0.524. The van der Waals surface area contributed by atoms with Gasteiger partial charge in [0.15, 0.2) is 0 Å². The normalized spacial score (nSPS) is 18.5. The van der Waals surface area contributed by atoms with E-state index in [9.17, 15) is 19.2 Å². The van der Waals surface area contributed by atoms with Gasteiger partial charge in [0.1, 0.15) is 6.04 Å². The van der Waals surface area contributed by atoms with Crippen molar-refractivity contribution in [3.8, 4) is 0 Å². The second-order valence-electron chi connectivity index (χ2n) is 8.62. The van der Waals surface area contributed by atoms with Crippen LogP contribution in [-0.4, -0.2) is 51.6 Å². The third kappa shape index (κ3) is 4.66. The average molecular weight is 465 g/mol. The van der Waals surface area contributed by atoms with Crippen LogP contribution in [0.4, 0.5) is 10.5 Å². The molecule has 2 aromatic rings. The number of nitrogens with zero attached hydrogens (tertiary/aromatic N) is 3. The Labute approximate surface area is 191 Å². The van der Waals surface area contributed by atoms with Crippen LogP contribution in [0.2, 0.25) is 0 Å². The van der Waals surface area contributed by atoms with Crippen molar-refractivity contribution < 1.29 is 9.59 Å². The van der Waals surface area contributed by atoms with Crippen molar-refractivity contribution in [1.82, 2.24) is 19.4 Å². The Balaban J connectivity index is 0.00000289. The van der Waals surface area contributed by atoms with Crippen LogP contribution in [-0.2, 0) is 11.3 Å². The Morgan fingerprint density at radius 1 is 1.25 bits per heavy atom. The molecule has 1 unspecified atom stereocenters. The first-order valence-electron chi connectivity index (χ1n) is 10.6. The first-order chi connectivity index (χ1) is 14.8. The van der Waals surface area contributed by atoms with E-state index in [1.54, 1.807) is 22.8 Å². The lowest BCUT2D eigenvalue weighted by Gasteiger charge is -2.32. The van der Waals surface area contributed by atoms with Gasteiger partial charge < -0.3 is 21.3 Å². The van der Waals surface area contributed by atoms with E-state index >= 15 is 0 Å².